The number of aliphatic hydroxyl groups is 1. The van der Waals surface area contributed by atoms with Gasteiger partial charge in [-0.1, -0.05) is 24.6 Å². The lowest BCUT2D eigenvalue weighted by atomic mass is 9.50. The first-order valence-electron chi connectivity index (χ1n) is 14.8. The minimum atomic E-state index is -5.88. The predicted octanol–water partition coefficient (Wildman–Crippen LogP) is 7.14. The number of carbonyl (C=O) groups is 2. The number of likely N-dealkylation sites (tertiary alicyclic amines) is 1. The molecule has 5 aliphatic rings. The van der Waals surface area contributed by atoms with E-state index in [-0.39, 0.29) is 30.4 Å². The van der Waals surface area contributed by atoms with Crippen LogP contribution in [0.5, 0.6) is 0 Å². The van der Waals surface area contributed by atoms with E-state index in [0.29, 0.717) is 44.3 Å². The van der Waals surface area contributed by atoms with Crippen molar-refractivity contribution >= 4 is 11.7 Å². The van der Waals surface area contributed by atoms with Crippen LogP contribution in [0.4, 0.5) is 22.0 Å². The van der Waals surface area contributed by atoms with Crippen LogP contribution in [-0.4, -0.2) is 52.5 Å². The number of piperidine rings is 1. The molecule has 41 heavy (non-hydrogen) atoms. The summed E-state index contributed by atoms with van der Waals surface area (Å²) in [7, 11) is 0. The van der Waals surface area contributed by atoms with Crippen molar-refractivity contribution in [3.63, 3.8) is 0 Å². The molecular weight excluding hydrogens is 541 g/mol. The summed E-state index contributed by atoms with van der Waals surface area (Å²) in [6.45, 7) is 2.81. The molecule has 2 saturated carbocycles. The minimum Gasteiger partial charge on any atom is -0.383 e. The van der Waals surface area contributed by atoms with Crippen LogP contribution in [0.2, 0.25) is 0 Å². The van der Waals surface area contributed by atoms with E-state index in [1.165, 1.54) is 6.92 Å². The van der Waals surface area contributed by atoms with Crippen molar-refractivity contribution in [2.45, 2.75) is 94.7 Å². The summed E-state index contributed by atoms with van der Waals surface area (Å²) in [6, 6.07) is 7.02. The minimum absolute atomic E-state index is 0.0423. The molecule has 5 atom stereocenters. The SMILES string of the molecule is C[C@]12C[C@H](c3ccc(C(=O)N4CCCCC4)cc3)C3=C4CCC(=O)C=C4CC[C@H]3[C@@H]1CC[C@]2(O)C(F)(F)C(F)(F)F. The Bertz CT molecular complexity index is 1310. The molecule has 1 aliphatic heterocycles. The van der Waals surface area contributed by atoms with Crippen molar-refractivity contribution in [1.82, 2.24) is 4.90 Å². The van der Waals surface area contributed by atoms with Gasteiger partial charge in [-0.15, -0.1) is 0 Å². The number of halogens is 5. The summed E-state index contributed by atoms with van der Waals surface area (Å²) in [6.07, 6.45) is 0.105. The Kier molecular flexibility index (Phi) is 6.79. The number of ketones is 1. The lowest BCUT2D eigenvalue weighted by molar-refractivity contribution is -0.362. The van der Waals surface area contributed by atoms with Crippen LogP contribution in [-0.2, 0) is 4.79 Å². The lowest BCUT2D eigenvalue weighted by Crippen LogP contribution is -2.65. The number of amides is 1. The fourth-order valence-corrected chi connectivity index (χ4v) is 8.85. The molecule has 6 rings (SSSR count). The molecule has 3 fully saturated rings. The van der Waals surface area contributed by atoms with Crippen molar-refractivity contribution < 1.29 is 36.6 Å². The molecule has 1 N–H and O–H groups in total. The summed E-state index contributed by atoms with van der Waals surface area (Å²) >= 11 is 0. The molecule has 1 saturated heterocycles. The van der Waals surface area contributed by atoms with E-state index in [0.717, 1.165) is 41.5 Å². The summed E-state index contributed by atoms with van der Waals surface area (Å²) in [4.78, 5) is 27.1. The lowest BCUT2D eigenvalue weighted by Gasteiger charge is -2.56. The summed E-state index contributed by atoms with van der Waals surface area (Å²) in [5, 5.41) is 11.4. The largest absolute Gasteiger partial charge is 0.456 e. The molecule has 0 spiro atoms. The van der Waals surface area contributed by atoms with Crippen molar-refractivity contribution in [3.8, 4) is 0 Å². The second-order valence-corrected chi connectivity index (χ2v) is 12.9. The molecule has 4 aliphatic carbocycles. The van der Waals surface area contributed by atoms with E-state index in [1.54, 1.807) is 30.3 Å². The number of rotatable bonds is 3. The van der Waals surface area contributed by atoms with E-state index < -0.39 is 41.4 Å². The Balaban J connectivity index is 1.44. The second kappa shape index (κ2) is 9.75. The molecule has 0 aromatic heterocycles. The molecule has 0 bridgehead atoms. The fraction of sp³-hybridized carbons (Fsp3) is 0.625. The van der Waals surface area contributed by atoms with Crippen LogP contribution in [0.25, 0.3) is 0 Å². The quantitative estimate of drug-likeness (QED) is 0.389. The third-order valence-corrected chi connectivity index (χ3v) is 11.0. The highest BCUT2D eigenvalue weighted by atomic mass is 19.4. The molecule has 222 valence electrons. The average Bonchev–Trinajstić information content (AvgIpc) is 3.23. The smallest absolute Gasteiger partial charge is 0.383 e. The van der Waals surface area contributed by atoms with Gasteiger partial charge in [0.15, 0.2) is 5.78 Å². The van der Waals surface area contributed by atoms with Gasteiger partial charge in [0, 0.05) is 36.4 Å². The molecule has 1 aromatic rings. The molecular formula is C32H36F5NO3. The number of hydrogen-bond acceptors (Lipinski definition) is 3. The Hall–Kier alpha value is -2.55. The molecule has 9 heteroatoms. The number of benzene rings is 1. The third-order valence-electron chi connectivity index (χ3n) is 11.0. The maximum atomic E-state index is 15.1. The van der Waals surface area contributed by atoms with Gasteiger partial charge in [-0.25, -0.2) is 0 Å². The van der Waals surface area contributed by atoms with Gasteiger partial charge in [-0.3, -0.25) is 9.59 Å². The number of fused-ring (bicyclic) bond motifs is 4. The number of alkyl halides is 5. The highest BCUT2D eigenvalue weighted by Crippen LogP contribution is 2.70. The second-order valence-electron chi connectivity index (χ2n) is 12.9. The molecule has 0 radical (unpaired) electrons. The number of carbonyl (C=O) groups excluding carboxylic acids is 2. The predicted molar refractivity (Wildman–Crippen MR) is 142 cm³/mol. The Morgan fingerprint density at radius 3 is 2.32 bits per heavy atom. The van der Waals surface area contributed by atoms with E-state index in [4.69, 9.17) is 0 Å². The third kappa shape index (κ3) is 4.23. The molecule has 4 nitrogen and oxygen atoms in total. The van der Waals surface area contributed by atoms with Gasteiger partial charge in [0.1, 0.15) is 5.60 Å². The highest BCUT2D eigenvalue weighted by molar-refractivity contribution is 5.94. The monoisotopic (exact) mass is 577 g/mol. The maximum absolute atomic E-state index is 15.1. The van der Waals surface area contributed by atoms with Crippen LogP contribution in [0.1, 0.15) is 93.0 Å². The Morgan fingerprint density at radius 1 is 0.976 bits per heavy atom. The topological polar surface area (TPSA) is 57.6 Å². The normalized spacial score (nSPS) is 34.1. The summed E-state index contributed by atoms with van der Waals surface area (Å²) in [5.74, 6) is -6.62. The summed E-state index contributed by atoms with van der Waals surface area (Å²) in [5.41, 5.74) is -0.703. The van der Waals surface area contributed by atoms with E-state index in [2.05, 4.69) is 0 Å². The van der Waals surface area contributed by atoms with Crippen molar-refractivity contribution in [3.05, 3.63) is 58.2 Å². The maximum Gasteiger partial charge on any atom is 0.456 e. The molecule has 0 unspecified atom stereocenters. The van der Waals surface area contributed by atoms with Crippen LogP contribution >= 0.6 is 0 Å². The number of allylic oxidation sites excluding steroid dienone is 4. The molecule has 1 amide bonds. The first-order valence-corrected chi connectivity index (χ1v) is 14.8. The number of hydrogen-bond donors (Lipinski definition) is 1. The van der Waals surface area contributed by atoms with Crippen LogP contribution in [0.15, 0.2) is 47.1 Å². The van der Waals surface area contributed by atoms with Crippen molar-refractivity contribution in [1.29, 1.82) is 0 Å². The zero-order chi connectivity index (χ0) is 29.4. The fourth-order valence-electron chi connectivity index (χ4n) is 8.85. The van der Waals surface area contributed by atoms with Gasteiger partial charge >= 0.3 is 12.1 Å². The average molecular weight is 578 g/mol. The summed E-state index contributed by atoms with van der Waals surface area (Å²) < 4.78 is 71.5. The van der Waals surface area contributed by atoms with E-state index >= 15 is 8.78 Å². The first kappa shape index (κ1) is 28.6. The van der Waals surface area contributed by atoms with Gasteiger partial charge in [0.25, 0.3) is 5.91 Å². The van der Waals surface area contributed by atoms with Crippen LogP contribution in [0.3, 0.4) is 0 Å². The van der Waals surface area contributed by atoms with Gasteiger partial charge in [-0.05, 0) is 105 Å². The highest BCUT2D eigenvalue weighted by Gasteiger charge is 2.79. The van der Waals surface area contributed by atoms with Gasteiger partial charge in [-0.2, -0.15) is 22.0 Å². The molecule has 1 heterocycles. The standard InChI is InChI=1S/C32H36F5NO3/c1-29-18-25(19-5-7-20(8-6-19)28(40)38-15-3-2-4-16-38)27-23-12-10-22(39)17-21(23)9-11-24(27)26(29)13-14-30(29,41)31(33,34)32(35,36)37/h5-8,17,24-26,41H,2-4,9-16,18H2,1H3/t24-,25+,26-,29-,30+/m0/s1. The molecule has 1 aromatic carbocycles. The van der Waals surface area contributed by atoms with Gasteiger partial charge < -0.3 is 10.0 Å². The Morgan fingerprint density at radius 2 is 1.66 bits per heavy atom. The van der Waals surface area contributed by atoms with E-state index in [9.17, 15) is 27.9 Å². The zero-order valence-corrected chi connectivity index (χ0v) is 23.2. The first-order chi connectivity index (χ1) is 19.3. The van der Waals surface area contributed by atoms with E-state index in [1.807, 2.05) is 4.90 Å². The van der Waals surface area contributed by atoms with Crippen LogP contribution < -0.4 is 0 Å². The van der Waals surface area contributed by atoms with Crippen LogP contribution in [0, 0.1) is 17.3 Å². The van der Waals surface area contributed by atoms with Gasteiger partial charge in [0.2, 0.25) is 0 Å². The van der Waals surface area contributed by atoms with Crippen molar-refractivity contribution in [2.75, 3.05) is 13.1 Å². The number of nitrogens with zero attached hydrogens (tertiary/aromatic N) is 1. The van der Waals surface area contributed by atoms with Crippen molar-refractivity contribution in [2.24, 2.45) is 17.3 Å². The Labute approximate surface area is 236 Å². The van der Waals surface area contributed by atoms with Gasteiger partial charge in [0.05, 0.1) is 0 Å². The zero-order valence-electron chi connectivity index (χ0n) is 23.2.